The minimum absolute atomic E-state index is 0. The van der Waals surface area contributed by atoms with Crippen LogP contribution < -0.4 is 11.1 Å². The third kappa shape index (κ3) is 4.37. The number of fused-ring (bicyclic) bond motifs is 1. The molecule has 0 aliphatic heterocycles. The second-order valence-corrected chi connectivity index (χ2v) is 5.65. The summed E-state index contributed by atoms with van der Waals surface area (Å²) in [5, 5.41) is 9.08. The van der Waals surface area contributed by atoms with Gasteiger partial charge < -0.3 is 5.73 Å². The van der Waals surface area contributed by atoms with Crippen LogP contribution in [0.5, 0.6) is 0 Å². The quantitative estimate of drug-likeness (QED) is 0.423. The van der Waals surface area contributed by atoms with Gasteiger partial charge in [0.25, 0.3) is 5.91 Å². The molecule has 0 unspecified atom stereocenters. The largest absolute Gasteiger partial charge is 0.418 e. The molecule has 0 saturated carbocycles. The molecule has 11 heteroatoms. The van der Waals surface area contributed by atoms with Crippen molar-refractivity contribution < 1.29 is 18.0 Å². The zero-order valence-corrected chi connectivity index (χ0v) is 16.0. The van der Waals surface area contributed by atoms with Crippen molar-refractivity contribution in [3.8, 4) is 5.69 Å². The second-order valence-electron chi connectivity index (χ2n) is 5.65. The van der Waals surface area contributed by atoms with E-state index in [1.807, 2.05) is 5.32 Å². The van der Waals surface area contributed by atoms with E-state index in [2.05, 4.69) is 4.98 Å². The van der Waals surface area contributed by atoms with Crippen molar-refractivity contribution in [1.29, 1.82) is 5.41 Å². The first-order valence-corrected chi connectivity index (χ1v) is 7.48. The molecule has 0 atom stereocenters. The van der Waals surface area contributed by atoms with Gasteiger partial charge in [0.2, 0.25) is 0 Å². The molecule has 0 fully saturated rings. The van der Waals surface area contributed by atoms with Crippen LogP contribution in [0.25, 0.3) is 16.7 Å². The summed E-state index contributed by atoms with van der Waals surface area (Å²) < 4.78 is 42.3. The number of carbonyl (C=O) groups is 1. The molecule has 0 bridgehead atoms. The Bertz CT molecular complexity index is 1030. The van der Waals surface area contributed by atoms with Crippen LogP contribution in [0.1, 0.15) is 21.5 Å². The fourth-order valence-corrected chi connectivity index (χ4v) is 2.70. The van der Waals surface area contributed by atoms with Crippen LogP contribution in [0, 0.1) is 12.3 Å². The van der Waals surface area contributed by atoms with Crippen molar-refractivity contribution >= 4 is 47.7 Å². The van der Waals surface area contributed by atoms with Crippen molar-refractivity contribution in [3.05, 3.63) is 59.4 Å². The van der Waals surface area contributed by atoms with E-state index < -0.39 is 23.6 Å². The van der Waals surface area contributed by atoms with Gasteiger partial charge in [0.1, 0.15) is 6.33 Å². The van der Waals surface area contributed by atoms with Crippen LogP contribution in [-0.2, 0) is 6.18 Å². The smallest absolute Gasteiger partial charge is 0.370 e. The van der Waals surface area contributed by atoms with Crippen molar-refractivity contribution in [2.45, 2.75) is 13.1 Å². The molecule has 3 rings (SSSR count). The lowest BCUT2D eigenvalue weighted by molar-refractivity contribution is -0.137. The van der Waals surface area contributed by atoms with E-state index in [4.69, 9.17) is 11.1 Å². The Morgan fingerprint density at radius 1 is 1.21 bits per heavy atom. The molecular formula is C17H16Cl2F3N5O. The molecule has 150 valence electrons. The highest BCUT2D eigenvalue weighted by Crippen LogP contribution is 2.36. The average Bonchev–Trinajstić information content (AvgIpc) is 2.96. The molecule has 0 spiro atoms. The molecule has 6 nitrogen and oxygen atoms in total. The number of amides is 1. The summed E-state index contributed by atoms with van der Waals surface area (Å²) >= 11 is 0. The first kappa shape index (κ1) is 23.3. The van der Waals surface area contributed by atoms with Crippen molar-refractivity contribution in [1.82, 2.24) is 14.9 Å². The number of benzene rings is 2. The maximum atomic E-state index is 13.6. The van der Waals surface area contributed by atoms with Gasteiger partial charge in [-0.2, -0.15) is 13.2 Å². The maximum absolute atomic E-state index is 13.6. The summed E-state index contributed by atoms with van der Waals surface area (Å²) in [6.07, 6.45) is -3.39. The van der Waals surface area contributed by atoms with Crippen LogP contribution >= 0.6 is 24.8 Å². The molecular weight excluding hydrogens is 418 g/mol. The van der Waals surface area contributed by atoms with Crippen molar-refractivity contribution in [2.24, 2.45) is 5.73 Å². The van der Waals surface area contributed by atoms with Gasteiger partial charge in [-0.1, -0.05) is 12.1 Å². The second kappa shape index (κ2) is 8.49. The zero-order valence-electron chi connectivity index (χ0n) is 14.4. The van der Waals surface area contributed by atoms with Gasteiger partial charge in [0.15, 0.2) is 5.96 Å². The van der Waals surface area contributed by atoms with E-state index in [1.165, 1.54) is 23.9 Å². The number of nitrogens with zero attached hydrogens (tertiary/aromatic N) is 2. The van der Waals surface area contributed by atoms with E-state index >= 15 is 0 Å². The average molecular weight is 434 g/mol. The number of nitrogens with two attached hydrogens (primary N) is 1. The predicted octanol–water partition coefficient (Wildman–Crippen LogP) is 3.82. The number of alkyl halides is 3. The topological polar surface area (TPSA) is 96.8 Å². The molecule has 4 N–H and O–H groups in total. The third-order valence-electron chi connectivity index (χ3n) is 3.85. The summed E-state index contributed by atoms with van der Waals surface area (Å²) in [6, 6.07) is 8.83. The van der Waals surface area contributed by atoms with Gasteiger partial charge in [-0.25, -0.2) is 4.98 Å². The Morgan fingerprint density at radius 3 is 2.46 bits per heavy atom. The Balaban J connectivity index is 0.00000196. The Morgan fingerprint density at radius 2 is 1.86 bits per heavy atom. The molecule has 0 aliphatic rings. The van der Waals surface area contributed by atoms with Gasteiger partial charge in [0, 0.05) is 5.56 Å². The lowest BCUT2D eigenvalue weighted by Gasteiger charge is -2.17. The Labute approximate surface area is 170 Å². The maximum Gasteiger partial charge on any atom is 0.418 e. The minimum Gasteiger partial charge on any atom is -0.370 e. The summed E-state index contributed by atoms with van der Waals surface area (Å²) in [6.45, 7) is 1.51. The summed E-state index contributed by atoms with van der Waals surface area (Å²) in [5.74, 6) is -1.52. The molecule has 3 aromatic rings. The SMILES string of the molecule is Cc1cc(-n2cnc3ccccc32)c(C(F)(F)F)cc1C(=O)NC(=N)N.Cl.Cl. The van der Waals surface area contributed by atoms with E-state index in [9.17, 15) is 18.0 Å². The van der Waals surface area contributed by atoms with Crippen molar-refractivity contribution in [3.63, 3.8) is 0 Å². The number of hydrogen-bond donors (Lipinski definition) is 3. The van der Waals surface area contributed by atoms with Gasteiger partial charge in [-0.3, -0.25) is 20.1 Å². The summed E-state index contributed by atoms with van der Waals surface area (Å²) in [5.41, 5.74) is 5.14. The third-order valence-corrected chi connectivity index (χ3v) is 3.85. The minimum atomic E-state index is -4.69. The summed E-state index contributed by atoms with van der Waals surface area (Å²) in [4.78, 5) is 16.2. The number of guanidine groups is 1. The molecule has 28 heavy (non-hydrogen) atoms. The fourth-order valence-electron chi connectivity index (χ4n) is 2.70. The molecule has 1 aromatic heterocycles. The molecule has 0 radical (unpaired) electrons. The molecule has 1 heterocycles. The predicted molar refractivity (Wildman–Crippen MR) is 105 cm³/mol. The van der Waals surface area contributed by atoms with Crippen LogP contribution in [0.4, 0.5) is 13.2 Å². The fraction of sp³-hybridized carbons (Fsp3) is 0.118. The molecule has 2 aromatic carbocycles. The normalized spacial score (nSPS) is 10.7. The number of aromatic nitrogens is 2. The lowest BCUT2D eigenvalue weighted by Crippen LogP contribution is -2.36. The lowest BCUT2D eigenvalue weighted by atomic mass is 10.0. The van der Waals surface area contributed by atoms with Crippen LogP contribution in [0.2, 0.25) is 0 Å². The number of para-hydroxylation sites is 2. The number of nitrogens with one attached hydrogen (secondary N) is 2. The highest BCUT2D eigenvalue weighted by Gasteiger charge is 2.35. The van der Waals surface area contributed by atoms with Crippen molar-refractivity contribution in [2.75, 3.05) is 0 Å². The Kier molecular flexibility index (Phi) is 7.05. The highest BCUT2D eigenvalue weighted by molar-refractivity contribution is 6.05. The van der Waals surface area contributed by atoms with E-state index in [0.29, 0.717) is 16.6 Å². The monoisotopic (exact) mass is 433 g/mol. The van der Waals surface area contributed by atoms with Crippen LogP contribution in [0.3, 0.4) is 0 Å². The first-order chi connectivity index (χ1) is 12.2. The molecule has 1 amide bonds. The van der Waals surface area contributed by atoms with Crippen LogP contribution in [-0.4, -0.2) is 21.4 Å². The molecule has 0 aliphatic carbocycles. The number of hydrogen-bond acceptors (Lipinski definition) is 3. The Hall–Kier alpha value is -2.78. The number of imidazole rings is 1. The zero-order chi connectivity index (χ0) is 19.1. The van der Waals surface area contributed by atoms with E-state index in [1.54, 1.807) is 24.3 Å². The number of halogens is 5. The number of carbonyl (C=O) groups excluding carboxylic acids is 1. The molecule has 0 saturated heterocycles. The van der Waals surface area contributed by atoms with Gasteiger partial charge in [-0.15, -0.1) is 24.8 Å². The van der Waals surface area contributed by atoms with Gasteiger partial charge >= 0.3 is 6.18 Å². The summed E-state index contributed by atoms with van der Waals surface area (Å²) in [7, 11) is 0. The number of aryl methyl sites for hydroxylation is 1. The first-order valence-electron chi connectivity index (χ1n) is 7.48. The van der Waals surface area contributed by atoms with E-state index in [-0.39, 0.29) is 36.1 Å². The standard InChI is InChI=1S/C17H14F3N5O.2ClH/c1-9-6-14(25-8-23-12-4-2-3-5-13(12)25)11(17(18,19)20)7-10(9)15(26)24-16(21)22;;/h2-8H,1H3,(H4,21,22,24,26);2*1H. The van der Waals surface area contributed by atoms with Gasteiger partial charge in [-0.05, 0) is 36.8 Å². The highest BCUT2D eigenvalue weighted by atomic mass is 35.5. The number of rotatable bonds is 2. The van der Waals surface area contributed by atoms with Crippen LogP contribution in [0.15, 0.2) is 42.7 Å². The van der Waals surface area contributed by atoms with Gasteiger partial charge in [0.05, 0.1) is 22.3 Å². The van der Waals surface area contributed by atoms with E-state index in [0.717, 1.165) is 6.07 Å².